The van der Waals surface area contributed by atoms with E-state index in [4.69, 9.17) is 11.5 Å². The van der Waals surface area contributed by atoms with Crippen molar-refractivity contribution >= 4 is 18.1 Å². The van der Waals surface area contributed by atoms with Crippen molar-refractivity contribution in [2.45, 2.75) is 31.7 Å². The first-order valence-corrected chi connectivity index (χ1v) is 5.63. The molecule has 17 heavy (non-hydrogen) atoms. The summed E-state index contributed by atoms with van der Waals surface area (Å²) in [6, 6.07) is 2.08. The summed E-state index contributed by atoms with van der Waals surface area (Å²) in [7, 11) is 0. The van der Waals surface area contributed by atoms with Crippen LogP contribution in [0.3, 0.4) is 0 Å². The second-order valence-electron chi connectivity index (χ2n) is 4.50. The van der Waals surface area contributed by atoms with Gasteiger partial charge >= 0.3 is 0 Å². The van der Waals surface area contributed by atoms with Crippen LogP contribution >= 0.6 is 12.4 Å². The molecule has 5 heteroatoms. The van der Waals surface area contributed by atoms with Crippen molar-refractivity contribution in [2.24, 2.45) is 11.7 Å². The van der Waals surface area contributed by atoms with Crippen LogP contribution in [0.2, 0.25) is 0 Å². The highest BCUT2D eigenvalue weighted by molar-refractivity contribution is 5.85. The molecule has 96 valence electrons. The number of anilines is 1. The van der Waals surface area contributed by atoms with Crippen molar-refractivity contribution in [3.63, 3.8) is 0 Å². The average molecular weight is 261 g/mol. The number of halogens is 2. The molecule has 1 aromatic rings. The molecule has 1 aliphatic rings. The van der Waals surface area contributed by atoms with Crippen LogP contribution in [0.25, 0.3) is 0 Å². The summed E-state index contributed by atoms with van der Waals surface area (Å²) in [5, 5.41) is 9.78. The summed E-state index contributed by atoms with van der Waals surface area (Å²) in [5.74, 6) is -0.188. The first kappa shape index (κ1) is 14.1. The average Bonchev–Trinajstić information content (AvgIpc) is 2.75. The molecule has 0 unspecified atom stereocenters. The van der Waals surface area contributed by atoms with Gasteiger partial charge < -0.3 is 16.6 Å². The number of hydrogen-bond acceptors (Lipinski definition) is 3. The predicted molar refractivity (Wildman–Crippen MR) is 68.6 cm³/mol. The zero-order valence-electron chi connectivity index (χ0n) is 9.53. The molecule has 0 amide bonds. The maximum Gasteiger partial charge on any atom is 0.143 e. The van der Waals surface area contributed by atoms with Crippen LogP contribution in [0.15, 0.2) is 12.1 Å². The quantitative estimate of drug-likeness (QED) is 0.566. The van der Waals surface area contributed by atoms with E-state index in [-0.39, 0.29) is 29.9 Å². The Morgan fingerprint density at radius 2 is 1.88 bits per heavy atom. The number of phenolic OH excluding ortho intramolecular Hbond substituents is 1. The zero-order chi connectivity index (χ0) is 11.7. The van der Waals surface area contributed by atoms with E-state index in [2.05, 4.69) is 0 Å². The van der Waals surface area contributed by atoms with Crippen LogP contribution in [0.4, 0.5) is 10.1 Å². The van der Waals surface area contributed by atoms with Gasteiger partial charge in [0.25, 0.3) is 0 Å². The van der Waals surface area contributed by atoms with Crippen molar-refractivity contribution in [1.82, 2.24) is 0 Å². The molecule has 2 rings (SSSR count). The van der Waals surface area contributed by atoms with Crippen LogP contribution in [0.1, 0.15) is 37.3 Å². The zero-order valence-corrected chi connectivity index (χ0v) is 10.3. The van der Waals surface area contributed by atoms with E-state index in [1.54, 1.807) is 0 Å². The molecule has 0 saturated heterocycles. The highest BCUT2D eigenvalue weighted by Gasteiger charge is 2.26. The molecule has 5 N–H and O–H groups in total. The molecule has 0 aliphatic heterocycles. The van der Waals surface area contributed by atoms with Crippen LogP contribution in [0.5, 0.6) is 5.75 Å². The number of nitrogens with two attached hydrogens (primary N) is 2. The van der Waals surface area contributed by atoms with Crippen LogP contribution in [-0.2, 0) is 0 Å². The topological polar surface area (TPSA) is 72.3 Å². The molecule has 0 heterocycles. The summed E-state index contributed by atoms with van der Waals surface area (Å²) in [6.45, 7) is 0. The number of rotatable bonds is 2. The molecule has 0 radical (unpaired) electrons. The normalized spacial score (nSPS) is 17.8. The molecule has 0 bridgehead atoms. The molecule has 1 aliphatic carbocycles. The lowest BCUT2D eigenvalue weighted by Gasteiger charge is -2.20. The van der Waals surface area contributed by atoms with E-state index < -0.39 is 5.82 Å². The molecule has 0 spiro atoms. The second kappa shape index (κ2) is 5.56. The molecular formula is C12H18ClFN2O. The van der Waals surface area contributed by atoms with Crippen molar-refractivity contribution in [3.05, 3.63) is 23.5 Å². The Morgan fingerprint density at radius 3 is 2.47 bits per heavy atom. The van der Waals surface area contributed by atoms with Crippen molar-refractivity contribution in [2.75, 3.05) is 5.73 Å². The van der Waals surface area contributed by atoms with Gasteiger partial charge in [-0.1, -0.05) is 12.8 Å². The summed E-state index contributed by atoms with van der Waals surface area (Å²) in [6.07, 6.45) is 4.39. The van der Waals surface area contributed by atoms with Crippen LogP contribution < -0.4 is 11.5 Å². The van der Waals surface area contributed by atoms with E-state index in [0.717, 1.165) is 31.7 Å². The number of nitrogen functional groups attached to an aromatic ring is 1. The van der Waals surface area contributed by atoms with E-state index in [9.17, 15) is 9.50 Å². The Hall–Kier alpha value is -1.00. The lowest BCUT2D eigenvalue weighted by atomic mass is 9.91. The monoisotopic (exact) mass is 260 g/mol. The molecule has 1 fully saturated rings. The largest absolute Gasteiger partial charge is 0.505 e. The highest BCUT2D eigenvalue weighted by Crippen LogP contribution is 2.39. The van der Waals surface area contributed by atoms with Gasteiger partial charge in [-0.3, -0.25) is 0 Å². The third kappa shape index (κ3) is 2.82. The minimum Gasteiger partial charge on any atom is -0.505 e. The van der Waals surface area contributed by atoms with Crippen LogP contribution in [-0.4, -0.2) is 5.11 Å². The number of benzene rings is 1. The maximum absolute atomic E-state index is 13.2. The summed E-state index contributed by atoms with van der Waals surface area (Å²) in [4.78, 5) is 0. The van der Waals surface area contributed by atoms with Gasteiger partial charge in [0.1, 0.15) is 11.6 Å². The van der Waals surface area contributed by atoms with Gasteiger partial charge in [0.05, 0.1) is 5.69 Å². The summed E-state index contributed by atoms with van der Waals surface area (Å²) >= 11 is 0. The Morgan fingerprint density at radius 1 is 1.29 bits per heavy atom. The van der Waals surface area contributed by atoms with Crippen molar-refractivity contribution in [3.8, 4) is 5.75 Å². The molecule has 0 aromatic heterocycles. The second-order valence-corrected chi connectivity index (χ2v) is 4.50. The fraction of sp³-hybridized carbons (Fsp3) is 0.500. The number of phenols is 1. The standard InChI is InChI=1S/C12H17FN2O.ClH/c13-8-5-9(12(16)10(14)6-8)11(15)7-3-1-2-4-7;/h5-7,11,16H,1-4,14-15H2;1H/t11-;/m0./s1. The Balaban J connectivity index is 0.00000144. The Kier molecular flexibility index (Phi) is 4.60. The number of aromatic hydroxyl groups is 1. The Labute approximate surface area is 106 Å². The third-order valence-electron chi connectivity index (χ3n) is 3.40. The molecule has 3 nitrogen and oxygen atoms in total. The maximum atomic E-state index is 13.2. The minimum absolute atomic E-state index is 0. The lowest BCUT2D eigenvalue weighted by Crippen LogP contribution is -2.19. The van der Waals surface area contributed by atoms with Gasteiger partial charge in [0.2, 0.25) is 0 Å². The van der Waals surface area contributed by atoms with E-state index in [0.29, 0.717) is 11.5 Å². The highest BCUT2D eigenvalue weighted by atomic mass is 35.5. The van der Waals surface area contributed by atoms with E-state index in [1.807, 2.05) is 0 Å². The van der Waals surface area contributed by atoms with Crippen LogP contribution in [0, 0.1) is 11.7 Å². The fourth-order valence-corrected chi connectivity index (χ4v) is 2.47. The van der Waals surface area contributed by atoms with E-state index >= 15 is 0 Å². The van der Waals surface area contributed by atoms with Crippen molar-refractivity contribution in [1.29, 1.82) is 0 Å². The van der Waals surface area contributed by atoms with Gasteiger partial charge in [-0.2, -0.15) is 0 Å². The molecule has 1 aromatic carbocycles. The van der Waals surface area contributed by atoms with Gasteiger partial charge in [-0.25, -0.2) is 4.39 Å². The fourth-order valence-electron chi connectivity index (χ4n) is 2.47. The van der Waals surface area contributed by atoms with Crippen molar-refractivity contribution < 1.29 is 9.50 Å². The van der Waals surface area contributed by atoms with Gasteiger partial charge in [0.15, 0.2) is 0 Å². The first-order chi connectivity index (χ1) is 7.59. The third-order valence-corrected chi connectivity index (χ3v) is 3.40. The Bertz CT molecular complexity index is 394. The SMILES string of the molecule is Cl.Nc1cc(F)cc([C@@H](N)C2CCCC2)c1O. The smallest absolute Gasteiger partial charge is 0.143 e. The number of hydrogen-bond donors (Lipinski definition) is 3. The van der Waals surface area contributed by atoms with Gasteiger partial charge in [-0.05, 0) is 24.8 Å². The summed E-state index contributed by atoms with van der Waals surface area (Å²) in [5.41, 5.74) is 12.1. The first-order valence-electron chi connectivity index (χ1n) is 5.63. The van der Waals surface area contributed by atoms with Gasteiger partial charge in [-0.15, -0.1) is 12.4 Å². The van der Waals surface area contributed by atoms with E-state index in [1.165, 1.54) is 6.07 Å². The molecule has 1 saturated carbocycles. The predicted octanol–water partition coefficient (Wildman–Crippen LogP) is 2.73. The molecular weight excluding hydrogens is 243 g/mol. The lowest BCUT2D eigenvalue weighted by molar-refractivity contribution is 0.411. The minimum atomic E-state index is -0.446. The summed E-state index contributed by atoms with van der Waals surface area (Å²) < 4.78 is 13.2. The molecule has 1 atom stereocenters. The van der Waals surface area contributed by atoms with Gasteiger partial charge in [0, 0.05) is 17.7 Å².